The number of phenolic OH excluding ortho intramolecular Hbond substituents is 1. The van der Waals surface area contributed by atoms with Crippen molar-refractivity contribution >= 4 is 17.7 Å². The van der Waals surface area contributed by atoms with Crippen LogP contribution in [0.4, 0.5) is 0 Å². The van der Waals surface area contributed by atoms with Gasteiger partial charge >= 0.3 is 0 Å². The van der Waals surface area contributed by atoms with Crippen molar-refractivity contribution in [2.75, 3.05) is 13.7 Å². The number of carbonyl (C=O) groups excluding carboxylic acids is 1. The first-order valence-corrected chi connectivity index (χ1v) is 15.9. The number of para-hydroxylation sites is 3. The number of hydrogen-bond donors (Lipinski definition) is 2. The van der Waals surface area contributed by atoms with Crippen molar-refractivity contribution in [3.05, 3.63) is 131 Å². The average molecular weight is 607 g/mol. The van der Waals surface area contributed by atoms with Gasteiger partial charge in [0.25, 0.3) is 5.91 Å². The molecule has 0 aliphatic carbocycles. The standard InChI is InChI=1S/C36H38N4O3S/c1-26-19-21-27(22-20-26)25-44-36-39-38-34(40(36)30-14-4-3-5-15-30)29(24-28-12-6-9-18-33(28)43-2)13-10-11-23-37-35(42)31-16-7-8-17-32(31)41/h3-9,12,14-22,29,41H,10-11,13,23-25H2,1-2H3,(H,37,42). The highest BCUT2D eigenvalue weighted by molar-refractivity contribution is 7.98. The minimum Gasteiger partial charge on any atom is -0.507 e. The number of aromatic nitrogens is 3. The summed E-state index contributed by atoms with van der Waals surface area (Å²) in [6.07, 6.45) is 3.24. The number of nitrogens with zero attached hydrogens (tertiary/aromatic N) is 3. The van der Waals surface area contributed by atoms with E-state index in [0.717, 1.165) is 59.4 Å². The van der Waals surface area contributed by atoms with Crippen LogP contribution < -0.4 is 10.1 Å². The van der Waals surface area contributed by atoms with Gasteiger partial charge < -0.3 is 15.2 Å². The van der Waals surface area contributed by atoms with Crippen molar-refractivity contribution in [3.63, 3.8) is 0 Å². The molecule has 5 aromatic rings. The van der Waals surface area contributed by atoms with Crippen molar-refractivity contribution in [2.45, 2.75) is 49.4 Å². The van der Waals surface area contributed by atoms with Crippen LogP contribution in [-0.2, 0) is 12.2 Å². The molecule has 1 aromatic heterocycles. The van der Waals surface area contributed by atoms with Crippen molar-refractivity contribution in [3.8, 4) is 17.2 Å². The molecule has 1 amide bonds. The van der Waals surface area contributed by atoms with Gasteiger partial charge in [0.05, 0.1) is 12.7 Å². The molecule has 0 saturated heterocycles. The number of nitrogens with one attached hydrogen (secondary N) is 1. The summed E-state index contributed by atoms with van der Waals surface area (Å²) in [6, 6.07) is 33.6. The minimum absolute atomic E-state index is 0.0156. The Labute approximate surface area is 263 Å². The number of methoxy groups -OCH3 is 1. The molecule has 1 unspecified atom stereocenters. The van der Waals surface area contributed by atoms with Gasteiger partial charge in [-0.05, 0) is 67.6 Å². The van der Waals surface area contributed by atoms with E-state index in [9.17, 15) is 9.90 Å². The van der Waals surface area contributed by atoms with Crippen LogP contribution >= 0.6 is 11.8 Å². The molecule has 8 heteroatoms. The molecule has 226 valence electrons. The lowest BCUT2D eigenvalue weighted by molar-refractivity contribution is 0.0950. The molecule has 7 nitrogen and oxygen atoms in total. The van der Waals surface area contributed by atoms with Gasteiger partial charge in [0.1, 0.15) is 17.3 Å². The maximum atomic E-state index is 12.6. The van der Waals surface area contributed by atoms with E-state index in [1.807, 2.05) is 36.4 Å². The van der Waals surface area contributed by atoms with E-state index in [-0.39, 0.29) is 23.1 Å². The van der Waals surface area contributed by atoms with Crippen molar-refractivity contribution < 1.29 is 14.6 Å². The minimum atomic E-state index is -0.271. The normalized spacial score (nSPS) is 11.7. The van der Waals surface area contributed by atoms with Gasteiger partial charge in [-0.25, -0.2) is 0 Å². The van der Waals surface area contributed by atoms with Crippen molar-refractivity contribution in [2.24, 2.45) is 0 Å². The van der Waals surface area contributed by atoms with E-state index < -0.39 is 0 Å². The molecule has 1 atom stereocenters. The number of thioether (sulfide) groups is 1. The summed E-state index contributed by atoms with van der Waals surface area (Å²) in [5.74, 6) is 2.32. The quantitative estimate of drug-likeness (QED) is 0.100. The largest absolute Gasteiger partial charge is 0.507 e. The highest BCUT2D eigenvalue weighted by atomic mass is 32.2. The van der Waals surface area contributed by atoms with E-state index >= 15 is 0 Å². The number of aryl methyl sites for hydroxylation is 1. The van der Waals surface area contributed by atoms with Gasteiger partial charge in [-0.15, -0.1) is 10.2 Å². The molecule has 5 rings (SSSR count). The van der Waals surface area contributed by atoms with Crippen LogP contribution in [0.1, 0.15) is 58.1 Å². The number of aromatic hydroxyl groups is 1. The number of benzene rings is 4. The molecule has 0 aliphatic heterocycles. The zero-order valence-electron chi connectivity index (χ0n) is 25.1. The first kappa shape index (κ1) is 30.9. The second-order valence-corrected chi connectivity index (χ2v) is 11.7. The summed E-state index contributed by atoms with van der Waals surface area (Å²) < 4.78 is 7.90. The molecular formula is C36H38N4O3S. The number of phenols is 1. The topological polar surface area (TPSA) is 89.3 Å². The van der Waals surface area contributed by atoms with Gasteiger partial charge in [-0.1, -0.05) is 96.5 Å². The fraction of sp³-hybridized carbons (Fsp3) is 0.250. The van der Waals surface area contributed by atoms with E-state index in [2.05, 4.69) is 59.3 Å². The monoisotopic (exact) mass is 606 g/mol. The highest BCUT2D eigenvalue weighted by Crippen LogP contribution is 2.34. The third kappa shape index (κ3) is 7.88. The number of amides is 1. The second kappa shape index (κ2) is 15.3. The summed E-state index contributed by atoms with van der Waals surface area (Å²) in [5, 5.41) is 23.3. The number of carbonyl (C=O) groups is 1. The second-order valence-electron chi connectivity index (χ2n) is 10.8. The summed E-state index contributed by atoms with van der Waals surface area (Å²) in [7, 11) is 1.70. The van der Waals surface area contributed by atoms with Crippen LogP contribution in [0.25, 0.3) is 5.69 Å². The molecule has 2 N–H and O–H groups in total. The first-order chi connectivity index (χ1) is 21.5. The Morgan fingerprint density at radius 2 is 1.64 bits per heavy atom. The number of ether oxygens (including phenoxy) is 1. The van der Waals surface area contributed by atoms with Gasteiger partial charge in [-0.2, -0.15) is 0 Å². The van der Waals surface area contributed by atoms with E-state index in [1.165, 1.54) is 17.2 Å². The van der Waals surface area contributed by atoms with Crippen LogP contribution in [0.5, 0.6) is 11.5 Å². The Kier molecular flexibility index (Phi) is 10.7. The maximum absolute atomic E-state index is 12.6. The van der Waals surface area contributed by atoms with Crippen molar-refractivity contribution in [1.82, 2.24) is 20.1 Å². The lowest BCUT2D eigenvalue weighted by Gasteiger charge is -2.20. The molecule has 0 fully saturated rings. The number of rotatable bonds is 14. The van der Waals surface area contributed by atoms with Crippen LogP contribution in [0.3, 0.4) is 0 Å². The predicted octanol–water partition coefficient (Wildman–Crippen LogP) is 7.51. The molecule has 0 aliphatic rings. The van der Waals surface area contributed by atoms with Gasteiger partial charge in [0.15, 0.2) is 5.16 Å². The number of hydrogen-bond acceptors (Lipinski definition) is 6. The number of unbranched alkanes of at least 4 members (excludes halogenated alkanes) is 1. The van der Waals surface area contributed by atoms with Crippen LogP contribution in [0.2, 0.25) is 0 Å². The smallest absolute Gasteiger partial charge is 0.255 e. The highest BCUT2D eigenvalue weighted by Gasteiger charge is 2.24. The maximum Gasteiger partial charge on any atom is 0.255 e. The molecule has 0 bridgehead atoms. The Morgan fingerprint density at radius 1 is 0.909 bits per heavy atom. The molecule has 1 heterocycles. The molecule has 0 spiro atoms. The molecule has 4 aromatic carbocycles. The van der Waals surface area contributed by atoms with Gasteiger partial charge in [0.2, 0.25) is 0 Å². The fourth-order valence-electron chi connectivity index (χ4n) is 5.23. The SMILES string of the molecule is COc1ccccc1CC(CCCCNC(=O)c1ccccc1O)c1nnc(SCc2ccc(C)cc2)n1-c1ccccc1. The van der Waals surface area contributed by atoms with Gasteiger partial charge in [0, 0.05) is 23.9 Å². The Bertz CT molecular complexity index is 1650. The van der Waals surface area contributed by atoms with E-state index in [1.54, 1.807) is 37.1 Å². The van der Waals surface area contributed by atoms with E-state index in [4.69, 9.17) is 14.9 Å². The van der Waals surface area contributed by atoms with Crippen LogP contribution in [0.15, 0.2) is 108 Å². The third-order valence-electron chi connectivity index (χ3n) is 7.60. The van der Waals surface area contributed by atoms with Crippen LogP contribution in [-0.4, -0.2) is 39.4 Å². The van der Waals surface area contributed by atoms with E-state index in [0.29, 0.717) is 6.54 Å². The average Bonchev–Trinajstić information content (AvgIpc) is 3.48. The zero-order valence-corrected chi connectivity index (χ0v) is 26.0. The van der Waals surface area contributed by atoms with Crippen LogP contribution in [0, 0.1) is 6.92 Å². The molecule has 0 saturated carbocycles. The Hall–Kier alpha value is -4.56. The lowest BCUT2D eigenvalue weighted by Crippen LogP contribution is -2.24. The molecular weight excluding hydrogens is 568 g/mol. The molecule has 44 heavy (non-hydrogen) atoms. The fourth-order valence-corrected chi connectivity index (χ4v) is 6.14. The Morgan fingerprint density at radius 3 is 2.41 bits per heavy atom. The van der Waals surface area contributed by atoms with Gasteiger partial charge in [-0.3, -0.25) is 9.36 Å². The molecule has 0 radical (unpaired) electrons. The van der Waals surface area contributed by atoms with Crippen molar-refractivity contribution in [1.29, 1.82) is 0 Å². The summed E-state index contributed by atoms with van der Waals surface area (Å²) in [4.78, 5) is 12.6. The summed E-state index contributed by atoms with van der Waals surface area (Å²) in [6.45, 7) is 2.61. The predicted molar refractivity (Wildman–Crippen MR) is 176 cm³/mol. The first-order valence-electron chi connectivity index (χ1n) is 14.9. The Balaban J connectivity index is 1.37. The third-order valence-corrected chi connectivity index (χ3v) is 8.60. The summed E-state index contributed by atoms with van der Waals surface area (Å²) >= 11 is 1.68. The lowest BCUT2D eigenvalue weighted by atomic mass is 9.92. The summed E-state index contributed by atoms with van der Waals surface area (Å²) in [5.41, 5.74) is 4.91. The zero-order chi connectivity index (χ0) is 30.7.